The maximum absolute atomic E-state index is 11.9. The SMILES string of the molecule is C#CP(NC(CO)CNCC(C(=O)O)N(C=O)C(=O)/C=C\C)OC(C)(C)CCOC(C)(C)C. The number of carboxylic acid groups (broad SMARTS) is 1. The van der Waals surface area contributed by atoms with Crippen LogP contribution in [-0.2, 0) is 23.6 Å². The van der Waals surface area contributed by atoms with Gasteiger partial charge in [0.25, 0.3) is 5.91 Å². The zero-order valence-electron chi connectivity index (χ0n) is 20.3. The summed E-state index contributed by atoms with van der Waals surface area (Å²) in [5.74, 6) is -2.07. The number of aliphatic hydroxyl groups is 1. The first-order chi connectivity index (χ1) is 15.3. The van der Waals surface area contributed by atoms with Gasteiger partial charge in [0, 0.05) is 19.1 Å². The van der Waals surface area contributed by atoms with Crippen molar-refractivity contribution in [1.82, 2.24) is 15.3 Å². The van der Waals surface area contributed by atoms with Crippen molar-refractivity contribution in [2.45, 2.75) is 71.2 Å². The number of carboxylic acids is 1. The minimum absolute atomic E-state index is 0.127. The molecular weight excluding hydrogens is 449 g/mol. The van der Waals surface area contributed by atoms with E-state index in [1.807, 2.05) is 34.6 Å². The maximum atomic E-state index is 11.9. The number of imide groups is 1. The van der Waals surface area contributed by atoms with Crippen LogP contribution in [0.4, 0.5) is 0 Å². The van der Waals surface area contributed by atoms with Crippen molar-refractivity contribution in [2.75, 3.05) is 26.3 Å². The summed E-state index contributed by atoms with van der Waals surface area (Å²) in [4.78, 5) is 35.3. The molecule has 10 nitrogen and oxygen atoms in total. The Morgan fingerprint density at radius 3 is 2.33 bits per heavy atom. The van der Waals surface area contributed by atoms with Crippen LogP contribution in [0.3, 0.4) is 0 Å². The number of carbonyl (C=O) groups is 3. The number of ether oxygens (including phenoxy) is 1. The van der Waals surface area contributed by atoms with E-state index in [1.54, 1.807) is 6.92 Å². The van der Waals surface area contributed by atoms with Gasteiger partial charge in [-0.3, -0.25) is 19.6 Å². The van der Waals surface area contributed by atoms with E-state index in [0.717, 1.165) is 6.08 Å². The quantitative estimate of drug-likeness (QED) is 0.110. The number of amides is 2. The molecule has 0 aromatic rings. The highest BCUT2D eigenvalue weighted by molar-refractivity contribution is 7.55. The summed E-state index contributed by atoms with van der Waals surface area (Å²) in [6.45, 7) is 11.4. The summed E-state index contributed by atoms with van der Waals surface area (Å²) < 4.78 is 11.7. The summed E-state index contributed by atoms with van der Waals surface area (Å²) in [6.07, 6.45) is 8.92. The third kappa shape index (κ3) is 13.4. The van der Waals surface area contributed by atoms with E-state index >= 15 is 0 Å². The van der Waals surface area contributed by atoms with Crippen LogP contribution in [-0.4, -0.2) is 83.0 Å². The van der Waals surface area contributed by atoms with Crippen LogP contribution < -0.4 is 10.4 Å². The van der Waals surface area contributed by atoms with Gasteiger partial charge in [-0.1, -0.05) is 6.08 Å². The first kappa shape index (κ1) is 31.1. The number of hydrogen-bond acceptors (Lipinski definition) is 8. The molecule has 33 heavy (non-hydrogen) atoms. The topological polar surface area (TPSA) is 137 Å². The largest absolute Gasteiger partial charge is 0.480 e. The summed E-state index contributed by atoms with van der Waals surface area (Å²) in [7, 11) is -1.54. The fourth-order valence-electron chi connectivity index (χ4n) is 2.51. The van der Waals surface area contributed by atoms with E-state index in [1.165, 1.54) is 6.08 Å². The molecule has 0 spiro atoms. The molecule has 3 atom stereocenters. The van der Waals surface area contributed by atoms with Crippen LogP contribution in [0, 0.1) is 12.1 Å². The highest BCUT2D eigenvalue weighted by atomic mass is 31.2. The average Bonchev–Trinajstić information content (AvgIpc) is 2.70. The minimum Gasteiger partial charge on any atom is -0.480 e. The molecule has 188 valence electrons. The van der Waals surface area contributed by atoms with E-state index in [0.29, 0.717) is 17.9 Å². The van der Waals surface area contributed by atoms with E-state index < -0.39 is 37.9 Å². The Morgan fingerprint density at radius 2 is 1.88 bits per heavy atom. The van der Waals surface area contributed by atoms with Crippen molar-refractivity contribution in [3.63, 3.8) is 0 Å². The molecule has 0 aromatic heterocycles. The Bertz CT molecular complexity index is 701. The molecule has 0 aromatic carbocycles. The lowest BCUT2D eigenvalue weighted by atomic mass is 10.1. The van der Waals surface area contributed by atoms with Crippen molar-refractivity contribution in [3.05, 3.63) is 12.2 Å². The van der Waals surface area contributed by atoms with Crippen molar-refractivity contribution in [2.24, 2.45) is 0 Å². The van der Waals surface area contributed by atoms with Crippen LogP contribution in [0.1, 0.15) is 48.0 Å². The summed E-state index contributed by atoms with van der Waals surface area (Å²) in [5.41, 5.74) is 1.72. The van der Waals surface area contributed by atoms with Crippen molar-refractivity contribution in [3.8, 4) is 12.1 Å². The average molecular weight is 488 g/mol. The van der Waals surface area contributed by atoms with Crippen molar-refractivity contribution >= 4 is 26.6 Å². The second kappa shape index (κ2) is 15.1. The molecule has 4 N–H and O–H groups in total. The third-order valence-corrected chi connectivity index (χ3v) is 5.75. The molecule has 0 bridgehead atoms. The lowest BCUT2D eigenvalue weighted by Crippen LogP contribution is -2.51. The lowest BCUT2D eigenvalue weighted by Gasteiger charge is -2.31. The van der Waals surface area contributed by atoms with Gasteiger partial charge in [-0.2, -0.15) is 0 Å². The van der Waals surface area contributed by atoms with Crippen molar-refractivity contribution < 1.29 is 33.9 Å². The first-order valence-corrected chi connectivity index (χ1v) is 11.9. The Hall–Kier alpha value is -1.86. The standard InChI is InChI=1S/C22H38N3O7P/c1-8-10-19(28)25(16-27)18(20(29)30)14-23-13-17(15-26)24-33(9-2)32-22(6,7)11-12-31-21(3,4)5/h2,8,10,16-18,23-24,26H,11-15H2,1,3-7H3,(H,29,30)/b10-8-. The molecule has 0 saturated carbocycles. The number of nitrogens with one attached hydrogen (secondary N) is 2. The van der Waals surface area contributed by atoms with E-state index in [9.17, 15) is 24.6 Å². The molecule has 0 rings (SSSR count). The number of aliphatic hydroxyl groups excluding tert-OH is 1. The van der Waals surface area contributed by atoms with Crippen LogP contribution >= 0.6 is 8.30 Å². The van der Waals surface area contributed by atoms with Crippen LogP contribution in [0.25, 0.3) is 0 Å². The van der Waals surface area contributed by atoms with Gasteiger partial charge in [0.2, 0.25) is 6.41 Å². The molecule has 0 aliphatic carbocycles. The van der Waals surface area contributed by atoms with E-state index in [-0.39, 0.29) is 31.7 Å². The van der Waals surface area contributed by atoms with Gasteiger partial charge in [-0.05, 0) is 59.7 Å². The zero-order valence-corrected chi connectivity index (χ0v) is 21.2. The van der Waals surface area contributed by atoms with Crippen molar-refractivity contribution in [1.29, 1.82) is 0 Å². The predicted octanol–water partition coefficient (Wildman–Crippen LogP) is 1.44. The molecule has 11 heteroatoms. The molecule has 0 radical (unpaired) electrons. The second-order valence-corrected chi connectivity index (χ2v) is 10.1. The van der Waals surface area contributed by atoms with Gasteiger partial charge in [-0.15, -0.1) is 6.42 Å². The zero-order chi connectivity index (χ0) is 25.7. The highest BCUT2D eigenvalue weighted by Crippen LogP contribution is 2.38. The smallest absolute Gasteiger partial charge is 0.328 e. The Labute approximate surface area is 198 Å². The van der Waals surface area contributed by atoms with E-state index in [2.05, 4.69) is 16.1 Å². The van der Waals surface area contributed by atoms with Crippen LogP contribution in [0.2, 0.25) is 0 Å². The van der Waals surface area contributed by atoms with Crippen LogP contribution in [0.5, 0.6) is 0 Å². The van der Waals surface area contributed by atoms with E-state index in [4.69, 9.17) is 15.7 Å². The van der Waals surface area contributed by atoms with Gasteiger partial charge in [0.05, 0.1) is 24.4 Å². The van der Waals surface area contributed by atoms with Gasteiger partial charge < -0.3 is 24.8 Å². The Kier molecular flexibility index (Phi) is 14.3. The number of hydrogen-bond donors (Lipinski definition) is 4. The molecule has 0 heterocycles. The Morgan fingerprint density at radius 1 is 1.24 bits per heavy atom. The molecule has 0 aliphatic rings. The fourth-order valence-corrected chi connectivity index (χ4v) is 3.78. The van der Waals surface area contributed by atoms with Gasteiger partial charge in [0.1, 0.15) is 6.04 Å². The third-order valence-electron chi connectivity index (χ3n) is 4.24. The fraction of sp³-hybridized carbons (Fsp3) is 0.682. The molecule has 3 unspecified atom stereocenters. The molecule has 2 amide bonds. The number of rotatable bonds is 16. The summed E-state index contributed by atoms with van der Waals surface area (Å²) in [6, 6.07) is -1.95. The van der Waals surface area contributed by atoms with Gasteiger partial charge in [-0.25, -0.2) is 4.79 Å². The maximum Gasteiger partial charge on any atom is 0.328 e. The molecular formula is C22H38N3O7P. The predicted molar refractivity (Wildman–Crippen MR) is 127 cm³/mol. The normalized spacial score (nSPS) is 15.0. The number of carbonyl (C=O) groups excluding carboxylic acids is 2. The number of terminal acetylenes is 1. The number of nitrogens with zero attached hydrogens (tertiary/aromatic N) is 1. The first-order valence-electron chi connectivity index (χ1n) is 10.6. The van der Waals surface area contributed by atoms with Crippen LogP contribution in [0.15, 0.2) is 12.2 Å². The lowest BCUT2D eigenvalue weighted by molar-refractivity contribution is -0.151. The molecule has 0 aliphatic heterocycles. The molecule has 0 saturated heterocycles. The second-order valence-electron chi connectivity index (χ2n) is 8.86. The minimum atomic E-state index is -1.54. The highest BCUT2D eigenvalue weighted by Gasteiger charge is 2.29. The number of aliphatic carboxylic acids is 1. The number of allylic oxidation sites excluding steroid dienone is 1. The van der Waals surface area contributed by atoms with Gasteiger partial charge >= 0.3 is 5.97 Å². The molecule has 0 fully saturated rings. The van der Waals surface area contributed by atoms with Gasteiger partial charge in [0.15, 0.2) is 8.30 Å². The summed E-state index contributed by atoms with van der Waals surface area (Å²) in [5, 5.41) is 25.0. The Balaban J connectivity index is 4.89. The monoisotopic (exact) mass is 487 g/mol. The summed E-state index contributed by atoms with van der Waals surface area (Å²) >= 11 is 0.